The number of ketones is 1. The lowest BCUT2D eigenvalue weighted by Crippen LogP contribution is -2.04. The summed E-state index contributed by atoms with van der Waals surface area (Å²) in [6.07, 6.45) is 0. The van der Waals surface area contributed by atoms with E-state index in [0.717, 1.165) is 5.56 Å². The molecule has 0 N–H and O–H groups in total. The molecule has 0 fully saturated rings. The van der Waals surface area contributed by atoms with Gasteiger partial charge in [-0.05, 0) is 40.5 Å². The Kier molecular flexibility index (Phi) is 4.32. The lowest BCUT2D eigenvalue weighted by atomic mass is 10.1. The van der Waals surface area contributed by atoms with Crippen LogP contribution in [0.1, 0.15) is 22.8 Å². The topological polar surface area (TPSA) is 26.3 Å². The van der Waals surface area contributed by atoms with E-state index < -0.39 is 5.82 Å². The molecule has 0 heterocycles. The molecule has 0 aromatic heterocycles. The van der Waals surface area contributed by atoms with Crippen LogP contribution in [0, 0.1) is 5.82 Å². The van der Waals surface area contributed by atoms with Crippen molar-refractivity contribution in [1.29, 1.82) is 0 Å². The van der Waals surface area contributed by atoms with Gasteiger partial charge in [0.25, 0.3) is 0 Å². The van der Waals surface area contributed by atoms with E-state index in [1.807, 2.05) is 30.3 Å². The summed E-state index contributed by atoms with van der Waals surface area (Å²) in [6, 6.07) is 12.5. The number of Topliss-reactive ketones (excluding diaryl/α,β-unsaturated/α-hetero) is 1. The molecule has 0 unspecified atom stereocenters. The van der Waals surface area contributed by atoms with Crippen LogP contribution in [0.2, 0.25) is 0 Å². The minimum atomic E-state index is -0.552. The third kappa shape index (κ3) is 3.20. The molecule has 0 saturated carbocycles. The van der Waals surface area contributed by atoms with Gasteiger partial charge in [0, 0.05) is 0 Å². The summed E-state index contributed by atoms with van der Waals surface area (Å²) in [7, 11) is 0. The zero-order chi connectivity index (χ0) is 13.8. The number of rotatable bonds is 4. The van der Waals surface area contributed by atoms with Gasteiger partial charge in [0.15, 0.2) is 17.3 Å². The number of ether oxygens (including phenoxy) is 1. The Hall–Kier alpha value is -1.68. The summed E-state index contributed by atoms with van der Waals surface area (Å²) < 4.78 is 19.7. The van der Waals surface area contributed by atoms with Gasteiger partial charge in [-0.1, -0.05) is 30.3 Å². The smallest absolute Gasteiger partial charge is 0.179 e. The first kappa shape index (κ1) is 13.7. The highest BCUT2D eigenvalue weighted by atomic mass is 79.9. The molecule has 2 rings (SSSR count). The predicted octanol–water partition coefficient (Wildman–Crippen LogP) is 4.37. The number of hydrogen-bond acceptors (Lipinski definition) is 2. The maximum Gasteiger partial charge on any atom is 0.179 e. The van der Waals surface area contributed by atoms with Gasteiger partial charge in [0.05, 0.1) is 10.0 Å². The molecule has 19 heavy (non-hydrogen) atoms. The summed E-state index contributed by atoms with van der Waals surface area (Å²) in [6.45, 7) is 1.60. The number of carbonyl (C=O) groups excluding carboxylic acids is 1. The van der Waals surface area contributed by atoms with Crippen LogP contribution >= 0.6 is 15.9 Å². The number of carbonyl (C=O) groups is 1. The zero-order valence-corrected chi connectivity index (χ0v) is 11.9. The fourth-order valence-electron chi connectivity index (χ4n) is 1.68. The van der Waals surface area contributed by atoms with Gasteiger partial charge in [-0.3, -0.25) is 4.79 Å². The average Bonchev–Trinajstić information content (AvgIpc) is 2.41. The van der Waals surface area contributed by atoms with Crippen molar-refractivity contribution in [3.8, 4) is 5.75 Å². The quantitative estimate of drug-likeness (QED) is 0.781. The molecule has 0 saturated heterocycles. The van der Waals surface area contributed by atoms with Crippen molar-refractivity contribution < 1.29 is 13.9 Å². The molecule has 0 bridgehead atoms. The van der Waals surface area contributed by atoms with Crippen molar-refractivity contribution in [2.45, 2.75) is 13.5 Å². The van der Waals surface area contributed by atoms with E-state index in [1.165, 1.54) is 13.0 Å². The Morgan fingerprint density at radius 3 is 2.53 bits per heavy atom. The fraction of sp³-hybridized carbons (Fsp3) is 0.133. The normalized spacial score (nSPS) is 10.3. The molecule has 2 nitrogen and oxygen atoms in total. The van der Waals surface area contributed by atoms with Crippen LogP contribution in [0.15, 0.2) is 46.9 Å². The second kappa shape index (κ2) is 5.97. The standard InChI is InChI=1S/C15H12BrFO2/c1-10(18)12-7-8-13(16)14(17)15(12)19-9-11-5-3-2-4-6-11/h2-8H,9H2,1H3. The largest absolute Gasteiger partial charge is 0.485 e. The Morgan fingerprint density at radius 2 is 1.89 bits per heavy atom. The molecule has 2 aromatic carbocycles. The van der Waals surface area contributed by atoms with E-state index in [-0.39, 0.29) is 28.2 Å². The van der Waals surface area contributed by atoms with Crippen LogP contribution in [0.3, 0.4) is 0 Å². The maximum absolute atomic E-state index is 14.0. The van der Waals surface area contributed by atoms with Crippen molar-refractivity contribution in [2.24, 2.45) is 0 Å². The van der Waals surface area contributed by atoms with Crippen molar-refractivity contribution >= 4 is 21.7 Å². The van der Waals surface area contributed by atoms with Gasteiger partial charge in [0.2, 0.25) is 0 Å². The van der Waals surface area contributed by atoms with Crippen LogP contribution in [0.5, 0.6) is 5.75 Å². The van der Waals surface area contributed by atoms with Crippen molar-refractivity contribution in [2.75, 3.05) is 0 Å². The van der Waals surface area contributed by atoms with Crippen molar-refractivity contribution in [3.05, 3.63) is 63.9 Å². The van der Waals surface area contributed by atoms with E-state index in [9.17, 15) is 9.18 Å². The second-order valence-corrected chi connectivity index (χ2v) is 4.92. The summed E-state index contributed by atoms with van der Waals surface area (Å²) in [5.41, 5.74) is 1.16. The van der Waals surface area contributed by atoms with Crippen LogP contribution in [-0.4, -0.2) is 5.78 Å². The van der Waals surface area contributed by atoms with Gasteiger partial charge in [-0.2, -0.15) is 0 Å². The first-order valence-corrected chi connectivity index (χ1v) is 6.54. The van der Waals surface area contributed by atoms with Crippen LogP contribution in [-0.2, 0) is 6.61 Å². The molecule has 2 aromatic rings. The monoisotopic (exact) mass is 322 g/mol. The Morgan fingerprint density at radius 1 is 1.21 bits per heavy atom. The summed E-state index contributed by atoms with van der Waals surface area (Å²) in [5, 5.41) is 0. The van der Waals surface area contributed by atoms with Crippen molar-refractivity contribution in [1.82, 2.24) is 0 Å². The fourth-order valence-corrected chi connectivity index (χ4v) is 1.99. The molecule has 0 aliphatic carbocycles. The molecular formula is C15H12BrFO2. The Bertz CT molecular complexity index is 597. The van der Waals surface area contributed by atoms with Crippen LogP contribution < -0.4 is 4.74 Å². The minimum Gasteiger partial charge on any atom is -0.485 e. The van der Waals surface area contributed by atoms with E-state index in [0.29, 0.717) is 0 Å². The summed E-state index contributed by atoms with van der Waals surface area (Å²) in [5.74, 6) is -0.788. The molecule has 98 valence electrons. The van der Waals surface area contributed by atoms with E-state index in [4.69, 9.17) is 4.74 Å². The maximum atomic E-state index is 14.0. The minimum absolute atomic E-state index is 0.00859. The predicted molar refractivity (Wildman–Crippen MR) is 74.9 cm³/mol. The Balaban J connectivity index is 2.28. The lowest BCUT2D eigenvalue weighted by molar-refractivity contribution is 0.101. The van der Waals surface area contributed by atoms with E-state index in [2.05, 4.69) is 15.9 Å². The highest BCUT2D eigenvalue weighted by Gasteiger charge is 2.16. The molecule has 0 atom stereocenters. The van der Waals surface area contributed by atoms with Gasteiger partial charge in [0.1, 0.15) is 6.61 Å². The summed E-state index contributed by atoms with van der Waals surface area (Å²) >= 11 is 3.09. The van der Waals surface area contributed by atoms with Gasteiger partial charge < -0.3 is 4.74 Å². The summed E-state index contributed by atoms with van der Waals surface area (Å²) in [4.78, 5) is 11.5. The van der Waals surface area contributed by atoms with Gasteiger partial charge in [-0.15, -0.1) is 0 Å². The lowest BCUT2D eigenvalue weighted by Gasteiger charge is -2.11. The van der Waals surface area contributed by atoms with Crippen LogP contribution in [0.25, 0.3) is 0 Å². The second-order valence-electron chi connectivity index (χ2n) is 4.07. The molecule has 0 radical (unpaired) electrons. The Labute approximate surface area is 119 Å². The van der Waals surface area contributed by atoms with E-state index in [1.54, 1.807) is 6.07 Å². The first-order chi connectivity index (χ1) is 9.09. The molecule has 0 aliphatic heterocycles. The third-order valence-electron chi connectivity index (χ3n) is 2.66. The molecule has 4 heteroatoms. The number of benzene rings is 2. The van der Waals surface area contributed by atoms with Gasteiger partial charge >= 0.3 is 0 Å². The number of hydrogen-bond donors (Lipinski definition) is 0. The average molecular weight is 323 g/mol. The molecule has 0 spiro atoms. The number of halogens is 2. The first-order valence-electron chi connectivity index (χ1n) is 5.75. The molecule has 0 aliphatic rings. The third-order valence-corrected chi connectivity index (χ3v) is 3.27. The van der Waals surface area contributed by atoms with Gasteiger partial charge in [-0.25, -0.2) is 4.39 Å². The van der Waals surface area contributed by atoms with E-state index >= 15 is 0 Å². The van der Waals surface area contributed by atoms with Crippen LogP contribution in [0.4, 0.5) is 4.39 Å². The van der Waals surface area contributed by atoms with Crippen molar-refractivity contribution in [3.63, 3.8) is 0 Å². The molecule has 0 amide bonds. The highest BCUT2D eigenvalue weighted by Crippen LogP contribution is 2.30. The highest BCUT2D eigenvalue weighted by molar-refractivity contribution is 9.10. The molecular weight excluding hydrogens is 311 g/mol. The zero-order valence-electron chi connectivity index (χ0n) is 10.3. The SMILES string of the molecule is CC(=O)c1ccc(Br)c(F)c1OCc1ccccc1.